The van der Waals surface area contributed by atoms with Gasteiger partial charge in [-0.15, -0.1) is 16.4 Å². The van der Waals surface area contributed by atoms with Crippen molar-refractivity contribution in [2.24, 2.45) is 0 Å². The normalized spacial score (nSPS) is 10.3. The van der Waals surface area contributed by atoms with E-state index in [1.54, 1.807) is 35.0 Å². The molecule has 0 radical (unpaired) electrons. The summed E-state index contributed by atoms with van der Waals surface area (Å²) in [4.78, 5) is 31.7. The number of ether oxygens (including phenoxy) is 1. The molecule has 0 aliphatic heterocycles. The van der Waals surface area contributed by atoms with Gasteiger partial charge >= 0.3 is 5.97 Å². The lowest BCUT2D eigenvalue weighted by atomic mass is 10.3. The second-order valence-corrected chi connectivity index (χ2v) is 7.48. The maximum atomic E-state index is 12.6. The molecule has 9 heteroatoms. The molecule has 32 heavy (non-hydrogen) atoms. The summed E-state index contributed by atoms with van der Waals surface area (Å²) in [5.74, 6) is -1.00. The Balaban J connectivity index is 1.54. The standard InChI is InChI=1S/C23H17N5O3S/c24-13-14-27(17-8-3-1-4-9-17)20(29)16-31-23(30)21-25-22(19-12-7-15-32-19)28(26-21)18-10-5-2-6-11-18/h1-12,15H,14,16H2. The quantitative estimate of drug-likeness (QED) is 0.319. The number of benzene rings is 2. The van der Waals surface area contributed by atoms with Crippen molar-refractivity contribution in [3.63, 3.8) is 0 Å². The van der Waals surface area contributed by atoms with Gasteiger partial charge in [-0.3, -0.25) is 9.69 Å². The number of hydrogen-bond acceptors (Lipinski definition) is 7. The molecule has 1 amide bonds. The number of nitriles is 1. The highest BCUT2D eigenvalue weighted by atomic mass is 32.1. The van der Waals surface area contributed by atoms with E-state index in [1.165, 1.54) is 16.2 Å². The van der Waals surface area contributed by atoms with Gasteiger partial charge in [0.25, 0.3) is 11.7 Å². The Kier molecular flexibility index (Phi) is 6.34. The first kappa shape index (κ1) is 21.0. The van der Waals surface area contributed by atoms with Crippen LogP contribution in [0.3, 0.4) is 0 Å². The van der Waals surface area contributed by atoms with Crippen LogP contribution in [0.5, 0.6) is 0 Å². The molecular formula is C23H17N5O3S. The molecule has 8 nitrogen and oxygen atoms in total. The first-order valence-electron chi connectivity index (χ1n) is 9.63. The highest BCUT2D eigenvalue weighted by Gasteiger charge is 2.23. The molecule has 4 rings (SSSR count). The monoisotopic (exact) mass is 443 g/mol. The summed E-state index contributed by atoms with van der Waals surface area (Å²) in [7, 11) is 0. The van der Waals surface area contributed by atoms with E-state index >= 15 is 0 Å². The van der Waals surface area contributed by atoms with Crippen LogP contribution in [0.25, 0.3) is 16.4 Å². The second-order valence-electron chi connectivity index (χ2n) is 6.53. The van der Waals surface area contributed by atoms with Gasteiger partial charge in [0.2, 0.25) is 0 Å². The van der Waals surface area contributed by atoms with Gasteiger partial charge in [-0.05, 0) is 35.7 Å². The third-order valence-electron chi connectivity index (χ3n) is 4.46. The highest BCUT2D eigenvalue weighted by Crippen LogP contribution is 2.25. The molecule has 0 saturated heterocycles. The lowest BCUT2D eigenvalue weighted by Crippen LogP contribution is -2.35. The molecule has 158 valence electrons. The number of esters is 1. The molecular weight excluding hydrogens is 426 g/mol. The third kappa shape index (κ3) is 4.55. The lowest BCUT2D eigenvalue weighted by molar-refractivity contribution is -0.121. The smallest absolute Gasteiger partial charge is 0.378 e. The molecule has 4 aromatic rings. The van der Waals surface area contributed by atoms with Crippen molar-refractivity contribution < 1.29 is 14.3 Å². The van der Waals surface area contributed by atoms with Crippen LogP contribution in [0.2, 0.25) is 0 Å². The maximum Gasteiger partial charge on any atom is 0.378 e. The summed E-state index contributed by atoms with van der Waals surface area (Å²) in [6, 6.07) is 23.7. The van der Waals surface area contributed by atoms with Gasteiger partial charge in [0.05, 0.1) is 16.6 Å². The average molecular weight is 443 g/mol. The summed E-state index contributed by atoms with van der Waals surface area (Å²) in [6.07, 6.45) is 0. The number of rotatable bonds is 7. The van der Waals surface area contributed by atoms with Crippen molar-refractivity contribution in [2.75, 3.05) is 18.1 Å². The Bertz CT molecular complexity index is 1250. The first-order chi connectivity index (χ1) is 15.7. The molecule has 2 heterocycles. The summed E-state index contributed by atoms with van der Waals surface area (Å²) in [5, 5.41) is 15.3. The van der Waals surface area contributed by atoms with Gasteiger partial charge in [0, 0.05) is 5.69 Å². The van der Waals surface area contributed by atoms with E-state index in [1.807, 2.05) is 53.9 Å². The van der Waals surface area contributed by atoms with Crippen molar-refractivity contribution in [3.05, 3.63) is 84.0 Å². The Morgan fingerprint density at radius 3 is 2.41 bits per heavy atom. The average Bonchev–Trinajstić information content (AvgIpc) is 3.52. The molecule has 0 unspecified atom stereocenters. The third-order valence-corrected chi connectivity index (χ3v) is 5.32. The van der Waals surface area contributed by atoms with E-state index in [2.05, 4.69) is 10.1 Å². The molecule has 0 bridgehead atoms. The molecule has 2 aromatic carbocycles. The topological polar surface area (TPSA) is 101 Å². The maximum absolute atomic E-state index is 12.6. The number of para-hydroxylation sites is 2. The second kappa shape index (κ2) is 9.68. The summed E-state index contributed by atoms with van der Waals surface area (Å²) < 4.78 is 6.75. The summed E-state index contributed by atoms with van der Waals surface area (Å²) in [5.41, 5.74) is 1.28. The number of amides is 1. The van der Waals surface area contributed by atoms with Crippen LogP contribution >= 0.6 is 11.3 Å². The van der Waals surface area contributed by atoms with Gasteiger partial charge in [-0.25, -0.2) is 9.48 Å². The first-order valence-corrected chi connectivity index (χ1v) is 10.5. The zero-order valence-corrected chi connectivity index (χ0v) is 17.6. The lowest BCUT2D eigenvalue weighted by Gasteiger charge is -2.19. The number of carbonyl (C=O) groups excluding carboxylic acids is 2. The van der Waals surface area contributed by atoms with Crippen molar-refractivity contribution in [1.29, 1.82) is 5.26 Å². The Hall–Kier alpha value is -4.29. The molecule has 0 fully saturated rings. The van der Waals surface area contributed by atoms with Crippen LogP contribution in [0.4, 0.5) is 5.69 Å². The van der Waals surface area contributed by atoms with E-state index in [0.717, 1.165) is 10.6 Å². The number of thiophene rings is 1. The molecule has 2 aromatic heterocycles. The zero-order valence-electron chi connectivity index (χ0n) is 16.8. The molecule has 0 aliphatic rings. The van der Waals surface area contributed by atoms with Gasteiger partial charge < -0.3 is 4.74 Å². The van der Waals surface area contributed by atoms with Gasteiger partial charge in [-0.1, -0.05) is 42.5 Å². The number of anilines is 1. The van der Waals surface area contributed by atoms with Crippen LogP contribution < -0.4 is 4.90 Å². The van der Waals surface area contributed by atoms with Crippen LogP contribution in [0.1, 0.15) is 10.6 Å². The predicted octanol–water partition coefficient (Wildman–Crippen LogP) is 3.71. The molecule has 0 saturated carbocycles. The summed E-state index contributed by atoms with van der Waals surface area (Å²) in [6.45, 7) is -0.701. The van der Waals surface area contributed by atoms with E-state index in [0.29, 0.717) is 11.5 Å². The Morgan fingerprint density at radius 2 is 1.75 bits per heavy atom. The zero-order chi connectivity index (χ0) is 22.3. The van der Waals surface area contributed by atoms with Gasteiger partial charge in [0.1, 0.15) is 6.54 Å². The van der Waals surface area contributed by atoms with Crippen molar-refractivity contribution in [3.8, 4) is 22.5 Å². The van der Waals surface area contributed by atoms with Crippen molar-refractivity contribution in [2.45, 2.75) is 0 Å². The highest BCUT2D eigenvalue weighted by molar-refractivity contribution is 7.13. The van der Waals surface area contributed by atoms with Crippen LogP contribution in [-0.2, 0) is 9.53 Å². The van der Waals surface area contributed by atoms with E-state index in [4.69, 9.17) is 10.00 Å². The van der Waals surface area contributed by atoms with Gasteiger partial charge in [-0.2, -0.15) is 10.2 Å². The fourth-order valence-electron chi connectivity index (χ4n) is 2.98. The predicted molar refractivity (Wildman–Crippen MR) is 119 cm³/mol. The molecule has 0 atom stereocenters. The van der Waals surface area contributed by atoms with Crippen LogP contribution in [0.15, 0.2) is 78.2 Å². The largest absolute Gasteiger partial charge is 0.450 e. The minimum absolute atomic E-state index is 0.156. The molecule has 0 spiro atoms. The van der Waals surface area contributed by atoms with Crippen LogP contribution in [-0.4, -0.2) is 39.8 Å². The number of aromatic nitrogens is 3. The van der Waals surface area contributed by atoms with Crippen molar-refractivity contribution in [1.82, 2.24) is 14.8 Å². The minimum atomic E-state index is -0.823. The summed E-state index contributed by atoms with van der Waals surface area (Å²) >= 11 is 1.47. The van der Waals surface area contributed by atoms with Gasteiger partial charge in [0.15, 0.2) is 12.4 Å². The number of carbonyl (C=O) groups is 2. The minimum Gasteiger partial charge on any atom is -0.450 e. The van der Waals surface area contributed by atoms with E-state index in [-0.39, 0.29) is 12.4 Å². The van der Waals surface area contributed by atoms with E-state index < -0.39 is 18.5 Å². The van der Waals surface area contributed by atoms with E-state index in [9.17, 15) is 9.59 Å². The fraction of sp³-hybridized carbons (Fsp3) is 0.0870. The molecule has 0 N–H and O–H groups in total. The Labute approximate surface area is 187 Å². The Morgan fingerprint density at radius 1 is 1.03 bits per heavy atom. The number of hydrogen-bond donors (Lipinski definition) is 0. The van der Waals surface area contributed by atoms with Crippen LogP contribution in [0, 0.1) is 11.3 Å². The van der Waals surface area contributed by atoms with Crippen molar-refractivity contribution >= 4 is 28.9 Å². The number of nitrogens with zero attached hydrogens (tertiary/aromatic N) is 5. The fourth-order valence-corrected chi connectivity index (χ4v) is 3.68. The SMILES string of the molecule is N#CCN(C(=O)COC(=O)c1nc(-c2cccs2)n(-c2ccccc2)n1)c1ccccc1. The molecule has 0 aliphatic carbocycles.